The van der Waals surface area contributed by atoms with E-state index < -0.39 is 40.5 Å². The van der Waals surface area contributed by atoms with Crippen LogP contribution in [0, 0.1) is 0 Å². The summed E-state index contributed by atoms with van der Waals surface area (Å²) in [4.78, 5) is 40.7. The standard InChI is InChI=1S/C10H17N5O7S.C5H5N/c1-13(2)9(17)12-11-8(16)7-4-3-6-5-14(7)10(18)15(6)22-23(19,20)21;1-2-4-6-5-3-1/h6-7H,3-5H2,1-2H3,(H,11,16)(H,12,17)(H,19,20,21);1-5H/t6-,7+;/m1./s1. The highest BCUT2D eigenvalue weighted by molar-refractivity contribution is 7.80. The summed E-state index contributed by atoms with van der Waals surface area (Å²) < 4.78 is 36.1. The minimum absolute atomic E-state index is 0.0497. The van der Waals surface area contributed by atoms with Gasteiger partial charge >= 0.3 is 12.1 Å². The number of H-pyrrole nitrogens is 1. The van der Waals surface area contributed by atoms with Gasteiger partial charge in [-0.15, -0.1) is 0 Å². The third-order valence-corrected chi connectivity index (χ3v) is 4.45. The molecule has 0 radical (unpaired) electrons. The number of pyridine rings is 1. The van der Waals surface area contributed by atoms with Crippen molar-refractivity contribution in [3.05, 3.63) is 30.6 Å². The first-order valence-corrected chi connectivity index (χ1v) is 9.87. The molecule has 14 heteroatoms. The van der Waals surface area contributed by atoms with E-state index in [1.54, 1.807) is 0 Å². The lowest BCUT2D eigenvalue weighted by Gasteiger charge is -2.29. The molecule has 0 spiro atoms. The van der Waals surface area contributed by atoms with E-state index in [0.717, 1.165) is 4.90 Å². The average Bonchev–Trinajstić information content (AvgIpc) is 2.91. The van der Waals surface area contributed by atoms with Gasteiger partial charge in [0.25, 0.3) is 5.91 Å². The maximum Gasteiger partial charge on any atom is 0.346 e. The molecule has 2 bridgehead atoms. The van der Waals surface area contributed by atoms with E-state index in [9.17, 15) is 27.4 Å². The number of amides is 5. The Hall–Kier alpha value is -2.97. The van der Waals surface area contributed by atoms with Gasteiger partial charge in [-0.3, -0.25) is 10.2 Å². The Morgan fingerprint density at radius 3 is 2.34 bits per heavy atom. The van der Waals surface area contributed by atoms with Crippen molar-refractivity contribution in [2.24, 2.45) is 0 Å². The summed E-state index contributed by atoms with van der Waals surface area (Å²) in [6.07, 6.45) is 4.26. The van der Waals surface area contributed by atoms with Gasteiger partial charge < -0.3 is 14.4 Å². The SMILES string of the molecule is CN(C)C(=O)NNC(=O)[C@@H]1CC[C@@H]2CN1C(=O)N2OS(=O)(=O)[O-].c1cc[nH+]cc1. The van der Waals surface area contributed by atoms with Crippen LogP contribution in [0.15, 0.2) is 30.6 Å². The largest absolute Gasteiger partial charge is 0.724 e. The second-order valence-corrected chi connectivity index (χ2v) is 7.35. The maximum absolute atomic E-state index is 12.1. The summed E-state index contributed by atoms with van der Waals surface area (Å²) in [6, 6.07) is 2.90. The number of hydrogen-bond donors (Lipinski definition) is 2. The first kappa shape index (κ1) is 22.3. The zero-order valence-electron chi connectivity index (χ0n) is 15.8. The summed E-state index contributed by atoms with van der Waals surface area (Å²) >= 11 is 0. The molecular formula is C15H22N6O7S. The summed E-state index contributed by atoms with van der Waals surface area (Å²) in [5, 5.41) is 0.480. The molecule has 160 valence electrons. The second kappa shape index (κ2) is 9.49. The van der Waals surface area contributed by atoms with Crippen LogP contribution in [0.25, 0.3) is 0 Å². The van der Waals surface area contributed by atoms with Gasteiger partial charge in [-0.2, -0.15) is 9.35 Å². The van der Waals surface area contributed by atoms with Crippen molar-refractivity contribution in [3.63, 3.8) is 0 Å². The van der Waals surface area contributed by atoms with Crippen LogP contribution in [0.5, 0.6) is 0 Å². The predicted molar refractivity (Wildman–Crippen MR) is 94.9 cm³/mol. The van der Waals surface area contributed by atoms with Crippen molar-refractivity contribution in [1.29, 1.82) is 0 Å². The smallest absolute Gasteiger partial charge is 0.346 e. The van der Waals surface area contributed by atoms with E-state index in [-0.39, 0.29) is 19.4 Å². The highest BCUT2D eigenvalue weighted by atomic mass is 32.3. The van der Waals surface area contributed by atoms with Crippen molar-refractivity contribution in [1.82, 2.24) is 25.7 Å². The monoisotopic (exact) mass is 430 g/mol. The van der Waals surface area contributed by atoms with Gasteiger partial charge in [-0.25, -0.2) is 28.4 Å². The molecule has 1 aromatic rings. The van der Waals surface area contributed by atoms with Crippen LogP contribution in [0.2, 0.25) is 0 Å². The van der Waals surface area contributed by atoms with E-state index >= 15 is 0 Å². The average molecular weight is 430 g/mol. The number of aromatic nitrogens is 1. The second-order valence-electron chi connectivity index (χ2n) is 6.38. The highest BCUT2D eigenvalue weighted by Crippen LogP contribution is 2.30. The van der Waals surface area contributed by atoms with E-state index in [2.05, 4.69) is 20.1 Å². The molecule has 5 amide bonds. The summed E-state index contributed by atoms with van der Waals surface area (Å²) in [6.45, 7) is 0.0497. The maximum atomic E-state index is 12.1. The number of urea groups is 2. The molecule has 2 aliphatic heterocycles. The molecule has 1 aromatic heterocycles. The van der Waals surface area contributed by atoms with Crippen LogP contribution >= 0.6 is 0 Å². The van der Waals surface area contributed by atoms with Crippen molar-refractivity contribution in [2.75, 3.05) is 20.6 Å². The van der Waals surface area contributed by atoms with Gasteiger partial charge in [-0.1, -0.05) is 6.07 Å². The van der Waals surface area contributed by atoms with Crippen molar-refractivity contribution in [3.8, 4) is 0 Å². The van der Waals surface area contributed by atoms with E-state index in [0.29, 0.717) is 5.06 Å². The van der Waals surface area contributed by atoms with Crippen LogP contribution in [0.3, 0.4) is 0 Å². The Labute approximate surface area is 167 Å². The molecule has 3 heterocycles. The van der Waals surface area contributed by atoms with E-state index in [4.69, 9.17) is 0 Å². The molecule has 3 N–H and O–H groups in total. The Morgan fingerprint density at radius 2 is 1.86 bits per heavy atom. The van der Waals surface area contributed by atoms with Crippen LogP contribution in [-0.4, -0.2) is 78.5 Å². The minimum Gasteiger partial charge on any atom is -0.724 e. The molecule has 0 aliphatic carbocycles. The molecule has 2 saturated heterocycles. The molecule has 2 fully saturated rings. The molecule has 3 rings (SSSR count). The normalized spacial score (nSPS) is 20.4. The topological polar surface area (TPSA) is 166 Å². The fraction of sp³-hybridized carbons (Fsp3) is 0.467. The number of carbonyl (C=O) groups is 3. The Morgan fingerprint density at radius 1 is 1.21 bits per heavy atom. The Balaban J connectivity index is 0.000000426. The third-order valence-electron chi connectivity index (χ3n) is 4.10. The molecule has 0 aromatic carbocycles. The molecule has 13 nitrogen and oxygen atoms in total. The number of rotatable bonds is 3. The van der Waals surface area contributed by atoms with Crippen molar-refractivity contribution < 1.29 is 36.6 Å². The third kappa shape index (κ3) is 6.27. The minimum atomic E-state index is -5.08. The summed E-state index contributed by atoms with van der Waals surface area (Å²) in [5.41, 5.74) is 4.35. The molecule has 29 heavy (non-hydrogen) atoms. The summed E-state index contributed by atoms with van der Waals surface area (Å²) in [7, 11) is -2.12. The number of nitrogens with zero attached hydrogens (tertiary/aromatic N) is 3. The van der Waals surface area contributed by atoms with Gasteiger partial charge in [0.05, 0.1) is 6.04 Å². The van der Waals surface area contributed by atoms with Crippen LogP contribution < -0.4 is 15.8 Å². The van der Waals surface area contributed by atoms with Crippen LogP contribution in [0.1, 0.15) is 12.8 Å². The van der Waals surface area contributed by atoms with E-state index in [1.165, 1.54) is 19.0 Å². The number of fused-ring (bicyclic) bond motifs is 2. The number of hydroxylamine groups is 2. The van der Waals surface area contributed by atoms with Gasteiger partial charge in [0.2, 0.25) is 10.4 Å². The van der Waals surface area contributed by atoms with Gasteiger partial charge in [0.15, 0.2) is 12.4 Å². The number of aromatic amines is 1. The van der Waals surface area contributed by atoms with Crippen molar-refractivity contribution in [2.45, 2.75) is 24.9 Å². The number of hydrazine groups is 1. The Kier molecular flexibility index (Phi) is 7.30. The molecular weight excluding hydrogens is 408 g/mol. The fourth-order valence-electron chi connectivity index (χ4n) is 2.75. The predicted octanol–water partition coefficient (Wildman–Crippen LogP) is -1.55. The lowest BCUT2D eigenvalue weighted by Crippen LogP contribution is -2.55. The molecule has 0 saturated carbocycles. The number of nitrogens with one attached hydrogen (secondary N) is 3. The van der Waals surface area contributed by atoms with Gasteiger partial charge in [-0.05, 0) is 12.8 Å². The van der Waals surface area contributed by atoms with E-state index in [1.807, 2.05) is 30.6 Å². The molecule has 0 unspecified atom stereocenters. The van der Waals surface area contributed by atoms with Gasteiger partial charge in [0.1, 0.15) is 6.04 Å². The zero-order chi connectivity index (χ0) is 21.6. The van der Waals surface area contributed by atoms with Gasteiger partial charge in [0, 0.05) is 32.8 Å². The lowest BCUT2D eigenvalue weighted by atomic mass is 10.0. The number of piperidine rings is 1. The fourth-order valence-corrected chi connectivity index (χ4v) is 3.14. The zero-order valence-corrected chi connectivity index (χ0v) is 16.6. The van der Waals surface area contributed by atoms with Crippen LogP contribution in [0.4, 0.5) is 9.59 Å². The number of hydrogen-bond acceptors (Lipinski definition) is 7. The molecule has 2 atom stereocenters. The Bertz CT molecular complexity index is 808. The first-order valence-electron chi connectivity index (χ1n) is 8.53. The molecule has 2 aliphatic rings. The quantitative estimate of drug-likeness (QED) is 0.333. The lowest BCUT2D eigenvalue weighted by molar-refractivity contribution is -0.377. The summed E-state index contributed by atoms with van der Waals surface area (Å²) in [5.74, 6) is -0.626. The van der Waals surface area contributed by atoms with Crippen molar-refractivity contribution >= 4 is 28.4 Å². The van der Waals surface area contributed by atoms with Crippen LogP contribution in [-0.2, 0) is 19.5 Å². The number of carbonyl (C=O) groups excluding carboxylic acids is 3. The first-order chi connectivity index (χ1) is 13.6. The highest BCUT2D eigenvalue weighted by Gasteiger charge is 2.48.